The zero-order valence-electron chi connectivity index (χ0n) is 20.8. The van der Waals surface area contributed by atoms with Gasteiger partial charge in [0.2, 0.25) is 0 Å². The van der Waals surface area contributed by atoms with Crippen molar-refractivity contribution in [1.82, 2.24) is 9.97 Å². The Balaban J connectivity index is 1.77. The molecule has 0 radical (unpaired) electrons. The molecule has 0 atom stereocenters. The fourth-order valence-electron chi connectivity index (χ4n) is 3.78. The van der Waals surface area contributed by atoms with Gasteiger partial charge in [-0.3, -0.25) is 4.79 Å². The van der Waals surface area contributed by atoms with E-state index in [-0.39, 0.29) is 17.3 Å². The lowest BCUT2D eigenvalue weighted by molar-refractivity contribution is -0.167. The van der Waals surface area contributed by atoms with Gasteiger partial charge in [-0.1, -0.05) is 60.7 Å². The van der Waals surface area contributed by atoms with E-state index in [9.17, 15) is 18.0 Å². The maximum Gasteiger partial charge on any atom is 0.471 e. The highest BCUT2D eigenvalue weighted by molar-refractivity contribution is 5.98. The molecule has 0 fully saturated rings. The van der Waals surface area contributed by atoms with Crippen molar-refractivity contribution in [3.63, 3.8) is 0 Å². The average molecular weight is 519 g/mol. The molecule has 0 saturated heterocycles. The van der Waals surface area contributed by atoms with Crippen molar-refractivity contribution in [3.05, 3.63) is 84.9 Å². The highest BCUT2D eigenvalue weighted by atomic mass is 19.4. The van der Waals surface area contributed by atoms with E-state index in [4.69, 9.17) is 0 Å². The highest BCUT2D eigenvalue weighted by Gasteiger charge is 2.39. The standard InChI is InChI=1S/C28H25F3N6O/c1-3-37(4-2)21-15-16-22(25(17-21)32-26(38)28(29,30)31)35-36-27-33-23(19-11-7-5-8-12-19)18-24(34-27)20-13-9-6-10-14-20/h5-18H,3-4H2,1-2H3,(H,32,38). The molecule has 0 spiro atoms. The monoisotopic (exact) mass is 518 g/mol. The Morgan fingerprint density at radius 1 is 0.816 bits per heavy atom. The summed E-state index contributed by atoms with van der Waals surface area (Å²) in [4.78, 5) is 22.7. The third-order valence-electron chi connectivity index (χ3n) is 5.72. The number of nitrogens with zero attached hydrogens (tertiary/aromatic N) is 5. The van der Waals surface area contributed by atoms with Gasteiger partial charge >= 0.3 is 12.1 Å². The number of benzene rings is 3. The van der Waals surface area contributed by atoms with Crippen molar-refractivity contribution in [2.45, 2.75) is 20.0 Å². The highest BCUT2D eigenvalue weighted by Crippen LogP contribution is 2.33. The minimum atomic E-state index is -5.06. The van der Waals surface area contributed by atoms with Gasteiger partial charge in [-0.05, 0) is 38.1 Å². The summed E-state index contributed by atoms with van der Waals surface area (Å²) >= 11 is 0. The number of anilines is 2. The molecule has 1 aromatic heterocycles. The van der Waals surface area contributed by atoms with Gasteiger partial charge in [0.05, 0.1) is 17.1 Å². The van der Waals surface area contributed by atoms with Crippen LogP contribution in [0.25, 0.3) is 22.5 Å². The number of halogens is 3. The molecular weight excluding hydrogens is 493 g/mol. The molecule has 1 N–H and O–H groups in total. The first-order chi connectivity index (χ1) is 18.3. The van der Waals surface area contributed by atoms with Gasteiger partial charge in [-0.15, -0.1) is 10.2 Å². The summed E-state index contributed by atoms with van der Waals surface area (Å²) in [6, 6.07) is 25.4. The largest absolute Gasteiger partial charge is 0.471 e. The molecule has 0 saturated carbocycles. The van der Waals surface area contributed by atoms with Crippen molar-refractivity contribution in [1.29, 1.82) is 0 Å². The molecule has 7 nitrogen and oxygen atoms in total. The number of carbonyl (C=O) groups is 1. The van der Waals surface area contributed by atoms with Crippen LogP contribution in [0.5, 0.6) is 0 Å². The van der Waals surface area contributed by atoms with E-state index in [2.05, 4.69) is 20.2 Å². The van der Waals surface area contributed by atoms with E-state index in [1.165, 1.54) is 12.1 Å². The summed E-state index contributed by atoms with van der Waals surface area (Å²) in [6.07, 6.45) is -5.06. The predicted octanol–water partition coefficient (Wildman–Crippen LogP) is 7.57. The molecule has 0 aliphatic heterocycles. The molecule has 3 aromatic carbocycles. The first-order valence-electron chi connectivity index (χ1n) is 12.0. The number of amides is 1. The second-order valence-electron chi connectivity index (χ2n) is 8.20. The van der Waals surface area contributed by atoms with Gasteiger partial charge in [-0.25, -0.2) is 9.97 Å². The maximum atomic E-state index is 13.0. The lowest BCUT2D eigenvalue weighted by Crippen LogP contribution is -2.30. The van der Waals surface area contributed by atoms with E-state index in [0.717, 1.165) is 11.1 Å². The normalized spacial score (nSPS) is 11.5. The van der Waals surface area contributed by atoms with Crippen molar-refractivity contribution in [2.24, 2.45) is 10.2 Å². The number of alkyl halides is 3. The van der Waals surface area contributed by atoms with Crippen LogP contribution in [0, 0.1) is 0 Å². The number of hydrogen-bond donors (Lipinski definition) is 1. The summed E-state index contributed by atoms with van der Waals surface area (Å²) in [5.74, 6) is -2.08. The molecule has 194 valence electrons. The molecule has 38 heavy (non-hydrogen) atoms. The lowest BCUT2D eigenvalue weighted by atomic mass is 10.1. The van der Waals surface area contributed by atoms with E-state index in [1.54, 1.807) is 6.07 Å². The quantitative estimate of drug-likeness (QED) is 0.244. The maximum absolute atomic E-state index is 13.0. The van der Waals surface area contributed by atoms with Crippen LogP contribution in [-0.2, 0) is 4.79 Å². The molecule has 0 aliphatic rings. The zero-order valence-corrected chi connectivity index (χ0v) is 20.8. The van der Waals surface area contributed by atoms with Crippen LogP contribution in [0.3, 0.4) is 0 Å². The smallest absolute Gasteiger partial charge is 0.372 e. The van der Waals surface area contributed by atoms with E-state index in [0.29, 0.717) is 30.2 Å². The van der Waals surface area contributed by atoms with Gasteiger partial charge in [0.1, 0.15) is 5.69 Å². The van der Waals surface area contributed by atoms with Crippen LogP contribution in [0.2, 0.25) is 0 Å². The summed E-state index contributed by atoms with van der Waals surface area (Å²) in [5.41, 5.74) is 3.44. The van der Waals surface area contributed by atoms with Crippen LogP contribution >= 0.6 is 0 Å². The Morgan fingerprint density at radius 3 is 1.87 bits per heavy atom. The zero-order chi connectivity index (χ0) is 27.1. The number of nitrogens with one attached hydrogen (secondary N) is 1. The van der Waals surface area contributed by atoms with Gasteiger partial charge in [0.15, 0.2) is 0 Å². The predicted molar refractivity (Wildman–Crippen MR) is 142 cm³/mol. The second-order valence-corrected chi connectivity index (χ2v) is 8.20. The van der Waals surface area contributed by atoms with Crippen molar-refractivity contribution in [2.75, 3.05) is 23.3 Å². The summed E-state index contributed by atoms with van der Waals surface area (Å²) < 4.78 is 39.1. The Hall–Kier alpha value is -4.60. The van der Waals surface area contributed by atoms with Gasteiger partial charge < -0.3 is 10.2 Å². The Morgan fingerprint density at radius 2 is 1.37 bits per heavy atom. The number of hydrogen-bond acceptors (Lipinski definition) is 6. The summed E-state index contributed by atoms with van der Waals surface area (Å²) in [5, 5.41) is 10.2. The van der Waals surface area contributed by atoms with Crippen LogP contribution in [0.4, 0.5) is 36.2 Å². The van der Waals surface area contributed by atoms with E-state index in [1.807, 2.05) is 90.8 Å². The SMILES string of the molecule is CCN(CC)c1ccc(N=Nc2nc(-c3ccccc3)cc(-c3ccccc3)n2)c(NC(=O)C(F)(F)F)c1. The van der Waals surface area contributed by atoms with Crippen LogP contribution in [-0.4, -0.2) is 35.1 Å². The van der Waals surface area contributed by atoms with Crippen LogP contribution in [0.15, 0.2) is 95.2 Å². The van der Waals surface area contributed by atoms with Gasteiger partial charge in [-0.2, -0.15) is 13.2 Å². The van der Waals surface area contributed by atoms with Crippen LogP contribution in [0.1, 0.15) is 13.8 Å². The first kappa shape index (κ1) is 26.5. The molecular formula is C28H25F3N6O. The second kappa shape index (κ2) is 11.6. The Bertz CT molecular complexity index is 1360. The Labute approximate surface area is 218 Å². The number of aromatic nitrogens is 2. The van der Waals surface area contributed by atoms with Crippen molar-refractivity contribution in [3.8, 4) is 22.5 Å². The molecule has 10 heteroatoms. The van der Waals surface area contributed by atoms with Crippen LogP contribution < -0.4 is 10.2 Å². The average Bonchev–Trinajstić information content (AvgIpc) is 2.93. The molecule has 1 amide bonds. The topological polar surface area (TPSA) is 82.8 Å². The number of azo groups is 1. The van der Waals surface area contributed by atoms with E-state index >= 15 is 0 Å². The molecule has 0 bridgehead atoms. The molecule has 4 rings (SSSR count). The fraction of sp³-hybridized carbons (Fsp3) is 0.179. The van der Waals surface area contributed by atoms with Gasteiger partial charge in [0, 0.05) is 29.9 Å². The Kier molecular flexibility index (Phi) is 8.10. The van der Waals surface area contributed by atoms with Crippen molar-refractivity contribution < 1.29 is 18.0 Å². The van der Waals surface area contributed by atoms with Crippen molar-refractivity contribution >= 4 is 28.9 Å². The van der Waals surface area contributed by atoms with E-state index < -0.39 is 12.1 Å². The first-order valence-corrected chi connectivity index (χ1v) is 12.0. The molecule has 0 aliphatic carbocycles. The minimum Gasteiger partial charge on any atom is -0.372 e. The molecule has 1 heterocycles. The third kappa shape index (κ3) is 6.39. The minimum absolute atomic E-state index is 0.0196. The molecule has 0 unspecified atom stereocenters. The molecule has 4 aromatic rings. The number of carbonyl (C=O) groups excluding carboxylic acids is 1. The summed E-state index contributed by atoms with van der Waals surface area (Å²) in [7, 11) is 0. The fourth-order valence-corrected chi connectivity index (χ4v) is 3.78. The third-order valence-corrected chi connectivity index (χ3v) is 5.72. The van der Waals surface area contributed by atoms with Gasteiger partial charge in [0.25, 0.3) is 5.95 Å². The number of rotatable bonds is 8. The summed E-state index contributed by atoms with van der Waals surface area (Å²) in [6.45, 7) is 5.11. The lowest BCUT2D eigenvalue weighted by Gasteiger charge is -2.22.